The largest absolute Gasteiger partial charge is 0.363 e. The molecule has 5 heteroatoms. The zero-order valence-electron chi connectivity index (χ0n) is 22.7. The Morgan fingerprint density at radius 3 is 2.00 bits per heavy atom. The van der Waals surface area contributed by atoms with E-state index in [0.717, 1.165) is 33.5 Å². The van der Waals surface area contributed by atoms with Gasteiger partial charge in [-0.2, -0.15) is 0 Å². The molecule has 4 aromatic carbocycles. The van der Waals surface area contributed by atoms with Gasteiger partial charge in [-0.15, -0.1) is 0 Å². The van der Waals surface area contributed by atoms with E-state index in [1.807, 2.05) is 79.8 Å². The van der Waals surface area contributed by atoms with Gasteiger partial charge in [-0.3, -0.25) is 14.9 Å². The Bertz CT molecular complexity index is 1670. The highest BCUT2D eigenvalue weighted by Crippen LogP contribution is 2.60. The maximum atomic E-state index is 14.7. The third-order valence-electron chi connectivity index (χ3n) is 8.75. The fourth-order valence-electron chi connectivity index (χ4n) is 6.73. The number of nitro groups is 1. The summed E-state index contributed by atoms with van der Waals surface area (Å²) in [4.78, 5) is 28.4. The normalized spacial score (nSPS) is 21.0. The maximum absolute atomic E-state index is 14.7. The first-order chi connectivity index (χ1) is 19.3. The van der Waals surface area contributed by atoms with Gasteiger partial charge in [-0.25, -0.2) is 0 Å². The summed E-state index contributed by atoms with van der Waals surface area (Å²) in [5.41, 5.74) is 4.86. The molecule has 1 spiro atoms. The summed E-state index contributed by atoms with van der Waals surface area (Å²) in [5.74, 6) is -0.572. The number of likely N-dealkylation sites (N-methyl/N-ethyl adjacent to an activating group) is 1. The molecule has 0 unspecified atom stereocenters. The number of non-ortho nitro benzene ring substituents is 1. The third kappa shape index (κ3) is 3.73. The first kappa shape index (κ1) is 25.5. The number of rotatable bonds is 5. The van der Waals surface area contributed by atoms with E-state index in [1.165, 1.54) is 0 Å². The molecule has 1 heterocycles. The van der Waals surface area contributed by atoms with Crippen LogP contribution in [0.2, 0.25) is 0 Å². The van der Waals surface area contributed by atoms with Crippen LogP contribution < -0.4 is 4.90 Å². The Balaban J connectivity index is 1.69. The van der Waals surface area contributed by atoms with Crippen LogP contribution in [0.15, 0.2) is 121 Å². The Morgan fingerprint density at radius 1 is 0.825 bits per heavy atom. The fourth-order valence-corrected chi connectivity index (χ4v) is 6.73. The van der Waals surface area contributed by atoms with Gasteiger partial charge in [-0.05, 0) is 46.1 Å². The lowest BCUT2D eigenvalue weighted by atomic mass is 9.57. The minimum absolute atomic E-state index is 0.0151. The van der Waals surface area contributed by atoms with Crippen LogP contribution in [0.3, 0.4) is 0 Å². The van der Waals surface area contributed by atoms with Crippen molar-refractivity contribution >= 4 is 28.3 Å². The van der Waals surface area contributed by atoms with Crippen LogP contribution in [0.25, 0.3) is 11.1 Å². The van der Waals surface area contributed by atoms with Crippen molar-refractivity contribution in [2.75, 3.05) is 11.9 Å². The number of nitro benzene ring substituents is 1. The van der Waals surface area contributed by atoms with Crippen molar-refractivity contribution in [3.63, 3.8) is 0 Å². The van der Waals surface area contributed by atoms with Gasteiger partial charge in [0.2, 0.25) is 0 Å². The molecular formula is C35H30N2O3. The van der Waals surface area contributed by atoms with Gasteiger partial charge < -0.3 is 4.90 Å². The summed E-state index contributed by atoms with van der Waals surface area (Å²) in [5, 5.41) is 11.8. The Labute approximate surface area is 234 Å². The highest BCUT2D eigenvalue weighted by molar-refractivity contribution is 6.10. The predicted octanol–water partition coefficient (Wildman–Crippen LogP) is 7.74. The third-order valence-corrected chi connectivity index (χ3v) is 8.75. The van der Waals surface area contributed by atoms with Crippen LogP contribution in [-0.2, 0) is 5.41 Å². The molecule has 1 aliphatic heterocycles. The number of fused-ring (bicyclic) bond motifs is 1. The first-order valence-corrected chi connectivity index (χ1v) is 13.4. The number of hydrogen-bond acceptors (Lipinski definition) is 4. The molecule has 6 rings (SSSR count). The molecule has 0 bridgehead atoms. The SMILES string of the molecule is CN1c2ccc([N+](=O)[O-])cc2C(C)(C)[C@]12C=C(c1ccccc1)C=C(c1ccccc1)[C@H]2C(=O)c1ccccc1. The maximum Gasteiger partial charge on any atom is 0.269 e. The highest BCUT2D eigenvalue weighted by atomic mass is 16.6. The number of ketones is 1. The molecule has 198 valence electrons. The summed E-state index contributed by atoms with van der Waals surface area (Å²) in [7, 11) is 2.01. The molecule has 0 amide bonds. The van der Waals surface area contributed by atoms with Gasteiger partial charge in [0, 0.05) is 35.8 Å². The molecular weight excluding hydrogens is 496 g/mol. The molecule has 0 fully saturated rings. The van der Waals surface area contributed by atoms with Crippen LogP contribution in [0.5, 0.6) is 0 Å². The molecule has 1 aliphatic carbocycles. The van der Waals surface area contributed by atoms with E-state index in [1.54, 1.807) is 12.1 Å². The number of benzene rings is 4. The van der Waals surface area contributed by atoms with Gasteiger partial charge in [0.1, 0.15) is 0 Å². The second-order valence-electron chi connectivity index (χ2n) is 11.1. The first-order valence-electron chi connectivity index (χ1n) is 13.4. The summed E-state index contributed by atoms with van der Waals surface area (Å²) in [6.45, 7) is 4.22. The van der Waals surface area contributed by atoms with Crippen LogP contribution in [0.1, 0.15) is 40.9 Å². The van der Waals surface area contributed by atoms with Gasteiger partial charge in [0.05, 0.1) is 16.4 Å². The minimum atomic E-state index is -0.859. The van der Waals surface area contributed by atoms with Crippen molar-refractivity contribution in [2.45, 2.75) is 24.8 Å². The number of anilines is 1. The summed E-state index contributed by atoms with van der Waals surface area (Å²) < 4.78 is 0. The zero-order chi connectivity index (χ0) is 28.1. The van der Waals surface area contributed by atoms with Crippen LogP contribution >= 0.6 is 0 Å². The molecule has 0 saturated carbocycles. The Hall–Kier alpha value is -4.77. The van der Waals surface area contributed by atoms with Crippen molar-refractivity contribution < 1.29 is 9.72 Å². The molecule has 40 heavy (non-hydrogen) atoms. The van der Waals surface area contributed by atoms with Crippen LogP contribution in [0.4, 0.5) is 11.4 Å². The van der Waals surface area contributed by atoms with Gasteiger partial charge in [0.25, 0.3) is 5.69 Å². The topological polar surface area (TPSA) is 63.4 Å². The van der Waals surface area contributed by atoms with E-state index in [-0.39, 0.29) is 16.4 Å². The van der Waals surface area contributed by atoms with Crippen molar-refractivity contribution in [3.8, 4) is 0 Å². The summed E-state index contributed by atoms with van der Waals surface area (Å²) in [6, 6.07) is 34.8. The average Bonchev–Trinajstić information content (AvgIpc) is 3.15. The Kier molecular flexibility index (Phi) is 6.03. The number of hydrogen-bond donors (Lipinski definition) is 0. The summed E-state index contributed by atoms with van der Waals surface area (Å²) >= 11 is 0. The number of carbonyl (C=O) groups excluding carboxylic acids is 1. The molecule has 0 saturated heterocycles. The van der Waals surface area contributed by atoms with E-state index < -0.39 is 16.9 Å². The average molecular weight is 527 g/mol. The van der Waals surface area contributed by atoms with Crippen LogP contribution in [0, 0.1) is 16.0 Å². The molecule has 0 N–H and O–H groups in total. The number of allylic oxidation sites excluding steroid dienone is 2. The molecule has 2 atom stereocenters. The molecule has 4 aromatic rings. The molecule has 0 aromatic heterocycles. The lowest BCUT2D eigenvalue weighted by Gasteiger charge is -2.52. The molecule has 2 aliphatic rings. The lowest BCUT2D eigenvalue weighted by Crippen LogP contribution is -2.61. The van der Waals surface area contributed by atoms with E-state index in [0.29, 0.717) is 5.56 Å². The minimum Gasteiger partial charge on any atom is -0.363 e. The fraction of sp³-hybridized carbons (Fsp3) is 0.171. The van der Waals surface area contributed by atoms with Crippen LogP contribution in [-0.4, -0.2) is 23.3 Å². The number of carbonyl (C=O) groups is 1. The van der Waals surface area contributed by atoms with Crippen molar-refractivity contribution in [1.82, 2.24) is 0 Å². The predicted molar refractivity (Wildman–Crippen MR) is 160 cm³/mol. The van der Waals surface area contributed by atoms with E-state index in [9.17, 15) is 14.9 Å². The van der Waals surface area contributed by atoms with Gasteiger partial charge in [0.15, 0.2) is 5.78 Å². The second-order valence-corrected chi connectivity index (χ2v) is 11.1. The van der Waals surface area contributed by atoms with E-state index in [4.69, 9.17) is 0 Å². The quantitative estimate of drug-likeness (QED) is 0.152. The lowest BCUT2D eigenvalue weighted by molar-refractivity contribution is -0.384. The summed E-state index contributed by atoms with van der Waals surface area (Å²) in [6.07, 6.45) is 4.38. The van der Waals surface area contributed by atoms with Gasteiger partial charge >= 0.3 is 0 Å². The molecule has 0 radical (unpaired) electrons. The number of nitrogens with zero attached hydrogens (tertiary/aromatic N) is 2. The number of Topliss-reactive ketones (excluding diaryl/α,β-unsaturated/α-hetero) is 1. The van der Waals surface area contributed by atoms with Gasteiger partial charge in [-0.1, -0.05) is 105 Å². The van der Waals surface area contributed by atoms with Crippen molar-refractivity contribution in [3.05, 3.63) is 154 Å². The Morgan fingerprint density at radius 2 is 1.40 bits per heavy atom. The van der Waals surface area contributed by atoms with E-state index >= 15 is 0 Å². The molecule has 5 nitrogen and oxygen atoms in total. The standard InChI is InChI=1S/C35H30N2O3/c1-34(2)30-22-28(37(39)40)19-20-31(30)36(3)35(34)23-27(24-13-7-4-8-14-24)21-29(25-15-9-5-10-16-25)32(35)33(38)26-17-11-6-12-18-26/h4-23,32H,1-3H3/t32-,35+/m0/s1. The van der Waals surface area contributed by atoms with E-state index in [2.05, 4.69) is 55.2 Å². The van der Waals surface area contributed by atoms with Crippen molar-refractivity contribution in [2.24, 2.45) is 5.92 Å². The monoisotopic (exact) mass is 526 g/mol. The smallest absolute Gasteiger partial charge is 0.269 e. The zero-order valence-corrected chi connectivity index (χ0v) is 22.7. The van der Waals surface area contributed by atoms with Crippen molar-refractivity contribution in [1.29, 1.82) is 0 Å². The highest BCUT2D eigenvalue weighted by Gasteiger charge is 2.62. The second kappa shape index (κ2) is 9.45.